The molecule has 3 N–H and O–H groups in total. The van der Waals surface area contributed by atoms with Gasteiger partial charge in [0.15, 0.2) is 5.82 Å². The summed E-state index contributed by atoms with van der Waals surface area (Å²) in [5.41, 5.74) is 7.18. The van der Waals surface area contributed by atoms with Crippen molar-refractivity contribution in [1.82, 2.24) is 9.97 Å². The molecule has 0 aliphatic heterocycles. The third-order valence-corrected chi connectivity index (χ3v) is 3.35. The molecule has 3 aromatic rings. The van der Waals surface area contributed by atoms with E-state index < -0.39 is 5.91 Å². The molecule has 0 atom stereocenters. The standard InChI is InChI=1S/C18H14N4O2/c19-16(23)13-7-4-8-14(9-13)18(24)22-15-10-20-17(21-11-15)12-5-2-1-3-6-12/h1-11H,(H2,19,23)(H,22,24). The maximum absolute atomic E-state index is 12.2. The van der Waals surface area contributed by atoms with Gasteiger partial charge in [0.1, 0.15) is 0 Å². The van der Waals surface area contributed by atoms with Crippen LogP contribution < -0.4 is 11.1 Å². The van der Waals surface area contributed by atoms with Crippen LogP contribution in [0.1, 0.15) is 20.7 Å². The molecule has 1 aromatic heterocycles. The molecular formula is C18H14N4O2. The summed E-state index contributed by atoms with van der Waals surface area (Å²) in [6.07, 6.45) is 3.07. The number of nitrogens with one attached hydrogen (secondary N) is 1. The molecule has 6 heteroatoms. The summed E-state index contributed by atoms with van der Waals surface area (Å²) >= 11 is 0. The molecule has 0 unspecified atom stereocenters. The van der Waals surface area contributed by atoms with E-state index in [1.165, 1.54) is 18.5 Å². The molecule has 0 saturated heterocycles. The smallest absolute Gasteiger partial charge is 0.255 e. The Labute approximate surface area is 138 Å². The summed E-state index contributed by atoms with van der Waals surface area (Å²) in [5.74, 6) is -0.376. The molecule has 3 rings (SSSR count). The SMILES string of the molecule is NC(=O)c1cccc(C(=O)Nc2cnc(-c3ccccc3)nc2)c1. The van der Waals surface area contributed by atoms with E-state index in [0.717, 1.165) is 5.56 Å². The van der Waals surface area contributed by atoms with Gasteiger partial charge in [-0.3, -0.25) is 9.59 Å². The fraction of sp³-hybridized carbons (Fsp3) is 0. The van der Waals surface area contributed by atoms with E-state index in [-0.39, 0.29) is 11.5 Å². The highest BCUT2D eigenvalue weighted by Crippen LogP contribution is 2.15. The lowest BCUT2D eigenvalue weighted by atomic mass is 10.1. The van der Waals surface area contributed by atoms with Crippen LogP contribution >= 0.6 is 0 Å². The van der Waals surface area contributed by atoms with Crippen LogP contribution in [0.15, 0.2) is 67.0 Å². The van der Waals surface area contributed by atoms with Crippen molar-refractivity contribution in [3.63, 3.8) is 0 Å². The number of primary amides is 1. The second kappa shape index (κ2) is 6.70. The number of amides is 2. The summed E-state index contributed by atoms with van der Waals surface area (Å²) in [4.78, 5) is 31.9. The normalized spacial score (nSPS) is 10.2. The van der Waals surface area contributed by atoms with Crippen LogP contribution in [0, 0.1) is 0 Å². The minimum atomic E-state index is -0.583. The fourth-order valence-corrected chi connectivity index (χ4v) is 2.15. The van der Waals surface area contributed by atoms with E-state index >= 15 is 0 Å². The van der Waals surface area contributed by atoms with Crippen LogP contribution in [0.3, 0.4) is 0 Å². The third-order valence-electron chi connectivity index (χ3n) is 3.35. The third kappa shape index (κ3) is 3.44. The summed E-state index contributed by atoms with van der Waals surface area (Å²) in [5, 5.41) is 2.69. The van der Waals surface area contributed by atoms with Gasteiger partial charge in [0.2, 0.25) is 5.91 Å². The Morgan fingerprint density at radius 1 is 0.875 bits per heavy atom. The van der Waals surface area contributed by atoms with Crippen molar-refractivity contribution >= 4 is 17.5 Å². The first-order chi connectivity index (χ1) is 11.6. The summed E-state index contributed by atoms with van der Waals surface area (Å²) in [6.45, 7) is 0. The molecule has 0 fully saturated rings. The topological polar surface area (TPSA) is 98.0 Å². The van der Waals surface area contributed by atoms with Crippen LogP contribution in [0.25, 0.3) is 11.4 Å². The Morgan fingerprint density at radius 3 is 2.21 bits per heavy atom. The van der Waals surface area contributed by atoms with Crippen LogP contribution in [0.5, 0.6) is 0 Å². The van der Waals surface area contributed by atoms with Crippen molar-refractivity contribution in [2.75, 3.05) is 5.32 Å². The second-order valence-corrected chi connectivity index (χ2v) is 5.06. The fourth-order valence-electron chi connectivity index (χ4n) is 2.15. The molecule has 24 heavy (non-hydrogen) atoms. The zero-order valence-electron chi connectivity index (χ0n) is 12.6. The van der Waals surface area contributed by atoms with E-state index in [2.05, 4.69) is 15.3 Å². The number of hydrogen-bond donors (Lipinski definition) is 2. The van der Waals surface area contributed by atoms with Crippen molar-refractivity contribution in [3.8, 4) is 11.4 Å². The predicted octanol–water partition coefficient (Wildman–Crippen LogP) is 2.49. The lowest BCUT2D eigenvalue weighted by Crippen LogP contribution is -2.15. The van der Waals surface area contributed by atoms with Crippen molar-refractivity contribution in [2.45, 2.75) is 0 Å². The molecule has 0 aliphatic carbocycles. The number of aromatic nitrogens is 2. The Bertz CT molecular complexity index is 877. The number of nitrogens with zero attached hydrogens (tertiary/aromatic N) is 2. The molecule has 6 nitrogen and oxygen atoms in total. The lowest BCUT2D eigenvalue weighted by molar-refractivity contribution is 0.1000. The maximum atomic E-state index is 12.2. The molecule has 2 aromatic carbocycles. The summed E-state index contributed by atoms with van der Waals surface area (Å²) in [6, 6.07) is 15.7. The van der Waals surface area contributed by atoms with Gasteiger partial charge < -0.3 is 11.1 Å². The minimum Gasteiger partial charge on any atom is -0.366 e. The molecule has 1 heterocycles. The van der Waals surface area contributed by atoms with Gasteiger partial charge in [0.05, 0.1) is 18.1 Å². The van der Waals surface area contributed by atoms with E-state index in [4.69, 9.17) is 5.73 Å². The number of anilines is 1. The van der Waals surface area contributed by atoms with Gasteiger partial charge in [0.25, 0.3) is 5.91 Å². The maximum Gasteiger partial charge on any atom is 0.255 e. The summed E-state index contributed by atoms with van der Waals surface area (Å²) in [7, 11) is 0. The number of benzene rings is 2. The van der Waals surface area contributed by atoms with E-state index in [1.54, 1.807) is 18.2 Å². The average molecular weight is 318 g/mol. The highest BCUT2D eigenvalue weighted by molar-refractivity contribution is 6.05. The van der Waals surface area contributed by atoms with Gasteiger partial charge >= 0.3 is 0 Å². The molecule has 0 aliphatic rings. The molecular weight excluding hydrogens is 304 g/mol. The lowest BCUT2D eigenvalue weighted by Gasteiger charge is -2.06. The highest BCUT2D eigenvalue weighted by Gasteiger charge is 2.09. The quantitative estimate of drug-likeness (QED) is 0.772. The van der Waals surface area contributed by atoms with E-state index in [0.29, 0.717) is 17.1 Å². The predicted molar refractivity (Wildman–Crippen MR) is 90.4 cm³/mol. The van der Waals surface area contributed by atoms with Crippen molar-refractivity contribution < 1.29 is 9.59 Å². The van der Waals surface area contributed by atoms with Gasteiger partial charge in [0, 0.05) is 16.7 Å². The number of nitrogens with two attached hydrogens (primary N) is 1. The largest absolute Gasteiger partial charge is 0.366 e. The van der Waals surface area contributed by atoms with Gasteiger partial charge in [-0.25, -0.2) is 9.97 Å². The highest BCUT2D eigenvalue weighted by atomic mass is 16.2. The van der Waals surface area contributed by atoms with Crippen LogP contribution in [0.2, 0.25) is 0 Å². The first kappa shape index (κ1) is 15.4. The monoisotopic (exact) mass is 318 g/mol. The van der Waals surface area contributed by atoms with E-state index in [1.807, 2.05) is 30.3 Å². The Hall–Kier alpha value is -3.54. The molecule has 0 saturated carbocycles. The number of hydrogen-bond acceptors (Lipinski definition) is 4. The molecule has 0 bridgehead atoms. The molecule has 0 radical (unpaired) electrons. The zero-order valence-corrected chi connectivity index (χ0v) is 12.6. The number of carbonyl (C=O) groups is 2. The first-order valence-corrected chi connectivity index (χ1v) is 7.22. The van der Waals surface area contributed by atoms with Gasteiger partial charge in [-0.05, 0) is 18.2 Å². The Morgan fingerprint density at radius 2 is 1.54 bits per heavy atom. The average Bonchev–Trinajstić information content (AvgIpc) is 2.63. The number of carbonyl (C=O) groups excluding carboxylic acids is 2. The van der Waals surface area contributed by atoms with Gasteiger partial charge in [-0.15, -0.1) is 0 Å². The Kier molecular flexibility index (Phi) is 4.29. The van der Waals surface area contributed by atoms with Crippen molar-refractivity contribution in [1.29, 1.82) is 0 Å². The summed E-state index contributed by atoms with van der Waals surface area (Å²) < 4.78 is 0. The van der Waals surface area contributed by atoms with Crippen molar-refractivity contribution in [3.05, 3.63) is 78.1 Å². The minimum absolute atomic E-state index is 0.276. The number of rotatable bonds is 4. The van der Waals surface area contributed by atoms with Crippen LogP contribution in [-0.4, -0.2) is 21.8 Å². The van der Waals surface area contributed by atoms with Crippen LogP contribution in [-0.2, 0) is 0 Å². The molecule has 2 amide bonds. The molecule has 0 spiro atoms. The van der Waals surface area contributed by atoms with Crippen LogP contribution in [0.4, 0.5) is 5.69 Å². The second-order valence-electron chi connectivity index (χ2n) is 5.06. The van der Waals surface area contributed by atoms with Gasteiger partial charge in [-0.2, -0.15) is 0 Å². The first-order valence-electron chi connectivity index (χ1n) is 7.22. The Balaban J connectivity index is 1.75. The van der Waals surface area contributed by atoms with Gasteiger partial charge in [-0.1, -0.05) is 36.4 Å². The van der Waals surface area contributed by atoms with E-state index in [9.17, 15) is 9.59 Å². The van der Waals surface area contributed by atoms with Crippen molar-refractivity contribution in [2.24, 2.45) is 5.73 Å². The molecule has 118 valence electrons. The zero-order chi connectivity index (χ0) is 16.9.